The first kappa shape index (κ1) is 12.5. The molecule has 2 aromatic rings. The van der Waals surface area contributed by atoms with Gasteiger partial charge in [-0.25, -0.2) is 0 Å². The largest absolute Gasteiger partial charge is 0.379 e. The van der Waals surface area contributed by atoms with E-state index in [0.717, 1.165) is 26.2 Å². The van der Waals surface area contributed by atoms with E-state index >= 15 is 0 Å². The topological polar surface area (TPSA) is 27.3 Å². The molecule has 2 aromatic carbocycles. The van der Waals surface area contributed by atoms with Gasteiger partial charge >= 0.3 is 0 Å². The Labute approximate surface area is 131 Å². The second-order valence-electron chi connectivity index (χ2n) is 6.80. The third kappa shape index (κ3) is 1.60. The lowest BCUT2D eigenvalue weighted by Crippen LogP contribution is -2.42. The molecule has 3 heterocycles. The van der Waals surface area contributed by atoms with Gasteiger partial charge < -0.3 is 15.5 Å². The maximum Gasteiger partial charge on any atom is 0.0647 e. The number of hydrogen-bond acceptors (Lipinski definition) is 3. The summed E-state index contributed by atoms with van der Waals surface area (Å²) >= 11 is 0. The first-order chi connectivity index (χ1) is 10.9. The molecule has 0 aromatic heterocycles. The van der Waals surface area contributed by atoms with Gasteiger partial charge in [0.2, 0.25) is 0 Å². The highest BCUT2D eigenvalue weighted by atomic mass is 15.2. The third-order valence-corrected chi connectivity index (χ3v) is 5.65. The van der Waals surface area contributed by atoms with Gasteiger partial charge in [0.15, 0.2) is 0 Å². The number of fused-ring (bicyclic) bond motifs is 3. The molecule has 0 radical (unpaired) electrons. The Bertz CT molecular complexity index is 731. The molecule has 1 fully saturated rings. The number of nitrogens with zero attached hydrogens (tertiary/aromatic N) is 1. The summed E-state index contributed by atoms with van der Waals surface area (Å²) in [4.78, 5) is 2.57. The fraction of sp³-hybridized carbons (Fsp3) is 0.368. The highest BCUT2D eigenvalue weighted by Gasteiger charge is 2.45. The molecule has 0 unspecified atom stereocenters. The SMILES string of the molecule is c1ccc2c(c1)NCc1cccc3c1N2CC31CCNCC1. The van der Waals surface area contributed by atoms with Crippen molar-refractivity contribution in [3.63, 3.8) is 0 Å². The summed E-state index contributed by atoms with van der Waals surface area (Å²) in [5, 5.41) is 7.14. The first-order valence-corrected chi connectivity index (χ1v) is 8.31. The third-order valence-electron chi connectivity index (χ3n) is 5.65. The van der Waals surface area contributed by atoms with Crippen molar-refractivity contribution in [3.8, 4) is 0 Å². The molecule has 0 bridgehead atoms. The molecule has 112 valence electrons. The minimum atomic E-state index is 0.334. The minimum Gasteiger partial charge on any atom is -0.379 e. The van der Waals surface area contributed by atoms with Crippen molar-refractivity contribution in [2.45, 2.75) is 24.8 Å². The predicted octanol–water partition coefficient (Wildman–Crippen LogP) is 3.39. The number of rotatable bonds is 0. The van der Waals surface area contributed by atoms with Crippen molar-refractivity contribution in [1.82, 2.24) is 5.32 Å². The second-order valence-corrected chi connectivity index (χ2v) is 6.80. The van der Waals surface area contributed by atoms with Gasteiger partial charge in [0, 0.05) is 18.5 Å². The molecule has 3 aliphatic rings. The molecule has 0 saturated carbocycles. The van der Waals surface area contributed by atoms with Gasteiger partial charge in [0.25, 0.3) is 0 Å². The van der Waals surface area contributed by atoms with E-state index in [4.69, 9.17) is 0 Å². The van der Waals surface area contributed by atoms with Gasteiger partial charge in [-0.1, -0.05) is 30.3 Å². The maximum absolute atomic E-state index is 3.61. The van der Waals surface area contributed by atoms with E-state index in [1.807, 2.05) is 0 Å². The number of nitrogens with one attached hydrogen (secondary N) is 2. The van der Waals surface area contributed by atoms with Crippen molar-refractivity contribution in [3.05, 3.63) is 53.6 Å². The average Bonchev–Trinajstić information content (AvgIpc) is 2.79. The summed E-state index contributed by atoms with van der Waals surface area (Å²) in [6.45, 7) is 4.32. The average molecular weight is 291 g/mol. The van der Waals surface area contributed by atoms with E-state index in [0.29, 0.717) is 5.41 Å². The lowest BCUT2D eigenvalue weighted by Gasteiger charge is -2.35. The molecule has 0 aliphatic carbocycles. The predicted molar refractivity (Wildman–Crippen MR) is 91.0 cm³/mol. The Hall–Kier alpha value is -2.00. The van der Waals surface area contributed by atoms with Crippen LogP contribution in [-0.4, -0.2) is 19.6 Å². The Morgan fingerprint density at radius 3 is 2.73 bits per heavy atom. The normalized spacial score (nSPS) is 21.0. The van der Waals surface area contributed by atoms with Crippen molar-refractivity contribution in [1.29, 1.82) is 0 Å². The van der Waals surface area contributed by atoms with Crippen LogP contribution < -0.4 is 15.5 Å². The van der Waals surface area contributed by atoms with Crippen LogP contribution in [0.5, 0.6) is 0 Å². The van der Waals surface area contributed by atoms with Crippen molar-refractivity contribution < 1.29 is 0 Å². The Balaban J connectivity index is 1.74. The molecule has 22 heavy (non-hydrogen) atoms. The lowest BCUT2D eigenvalue weighted by atomic mass is 9.74. The summed E-state index contributed by atoms with van der Waals surface area (Å²) in [5.41, 5.74) is 7.41. The van der Waals surface area contributed by atoms with Gasteiger partial charge in [0.05, 0.1) is 17.1 Å². The van der Waals surface area contributed by atoms with Gasteiger partial charge in [-0.15, -0.1) is 0 Å². The Morgan fingerprint density at radius 1 is 0.955 bits per heavy atom. The van der Waals surface area contributed by atoms with E-state index in [-0.39, 0.29) is 0 Å². The van der Waals surface area contributed by atoms with E-state index in [2.05, 4.69) is 58.0 Å². The van der Waals surface area contributed by atoms with E-state index in [1.165, 1.54) is 35.5 Å². The molecule has 3 heteroatoms. The van der Waals surface area contributed by atoms with E-state index < -0.39 is 0 Å². The van der Waals surface area contributed by atoms with Crippen LogP contribution in [0.3, 0.4) is 0 Å². The highest BCUT2D eigenvalue weighted by molar-refractivity contribution is 5.84. The van der Waals surface area contributed by atoms with Gasteiger partial charge in [-0.2, -0.15) is 0 Å². The number of anilines is 3. The van der Waals surface area contributed by atoms with Crippen molar-refractivity contribution >= 4 is 17.1 Å². The van der Waals surface area contributed by atoms with Crippen LogP contribution in [0.2, 0.25) is 0 Å². The summed E-state index contributed by atoms with van der Waals surface area (Å²) in [5.74, 6) is 0. The minimum absolute atomic E-state index is 0.334. The molecule has 5 rings (SSSR count). The van der Waals surface area contributed by atoms with Crippen LogP contribution in [0.1, 0.15) is 24.0 Å². The van der Waals surface area contributed by atoms with Gasteiger partial charge in [-0.3, -0.25) is 0 Å². The zero-order chi connectivity index (χ0) is 14.6. The van der Waals surface area contributed by atoms with Crippen LogP contribution in [0.4, 0.5) is 17.1 Å². The zero-order valence-electron chi connectivity index (χ0n) is 12.7. The summed E-state index contributed by atoms with van der Waals surface area (Å²) in [6, 6.07) is 15.6. The standard InChI is InChI=1S/C19H21N3/c1-2-7-17-16(6-1)21-12-14-4-3-5-15-18(14)22(17)13-19(15)8-10-20-11-9-19/h1-7,20-21H,8-13H2. The lowest BCUT2D eigenvalue weighted by molar-refractivity contribution is 0.329. The fourth-order valence-electron chi connectivity index (χ4n) is 4.53. The second kappa shape index (κ2) is 4.50. The summed E-state index contributed by atoms with van der Waals surface area (Å²) < 4.78 is 0. The number of para-hydroxylation sites is 3. The Kier molecular flexibility index (Phi) is 2.56. The summed E-state index contributed by atoms with van der Waals surface area (Å²) in [7, 11) is 0. The molecule has 1 spiro atoms. The number of piperidine rings is 1. The van der Waals surface area contributed by atoms with Crippen LogP contribution in [0.15, 0.2) is 42.5 Å². The van der Waals surface area contributed by atoms with Gasteiger partial charge in [0.1, 0.15) is 0 Å². The maximum atomic E-state index is 3.61. The molecular formula is C19H21N3. The first-order valence-electron chi connectivity index (χ1n) is 8.31. The van der Waals surface area contributed by atoms with Crippen LogP contribution in [0.25, 0.3) is 0 Å². The Morgan fingerprint density at radius 2 is 1.82 bits per heavy atom. The zero-order valence-corrected chi connectivity index (χ0v) is 12.7. The monoisotopic (exact) mass is 291 g/mol. The van der Waals surface area contributed by atoms with Crippen LogP contribution >= 0.6 is 0 Å². The van der Waals surface area contributed by atoms with Crippen LogP contribution in [-0.2, 0) is 12.0 Å². The highest BCUT2D eigenvalue weighted by Crippen LogP contribution is 2.52. The number of hydrogen-bond donors (Lipinski definition) is 2. The van der Waals surface area contributed by atoms with Crippen LogP contribution in [0, 0.1) is 0 Å². The smallest absolute Gasteiger partial charge is 0.0647 e. The molecule has 3 aliphatic heterocycles. The van der Waals surface area contributed by atoms with Crippen molar-refractivity contribution in [2.24, 2.45) is 0 Å². The molecule has 1 saturated heterocycles. The number of benzene rings is 2. The molecular weight excluding hydrogens is 270 g/mol. The summed E-state index contributed by atoms with van der Waals surface area (Å²) in [6.07, 6.45) is 2.49. The molecule has 0 amide bonds. The van der Waals surface area contributed by atoms with Crippen molar-refractivity contribution in [2.75, 3.05) is 29.9 Å². The van der Waals surface area contributed by atoms with E-state index in [1.54, 1.807) is 5.56 Å². The molecule has 2 N–H and O–H groups in total. The molecule has 3 nitrogen and oxygen atoms in total. The van der Waals surface area contributed by atoms with E-state index in [9.17, 15) is 0 Å². The quantitative estimate of drug-likeness (QED) is 0.779. The molecule has 0 atom stereocenters. The van der Waals surface area contributed by atoms with Gasteiger partial charge in [-0.05, 0) is 49.2 Å². The fourth-order valence-corrected chi connectivity index (χ4v) is 4.53.